The molecule has 8 nitrogen and oxygen atoms in total. The van der Waals surface area contributed by atoms with E-state index in [1.807, 2.05) is 4.90 Å². The van der Waals surface area contributed by atoms with Crippen molar-refractivity contribution in [3.8, 4) is 0 Å². The molecule has 0 aromatic carbocycles. The molecule has 0 aromatic heterocycles. The number of rotatable bonds is 4. The zero-order chi connectivity index (χ0) is 22.3. The zero-order valence-electron chi connectivity index (χ0n) is 19.4. The summed E-state index contributed by atoms with van der Waals surface area (Å²) < 4.78 is 32.0. The number of carbonyl (C=O) groups excluding carboxylic acids is 1. The standard InChI is InChI=1S/C24H35NO7/c1-21-6-5-15(29-3)23-13-7-12-14(28-2)8-22(16(13)17(12)27)24(32-11-31-22,19(30-4)18(21)23)20(23)25(9-21)10-26/h10,12-20,27H,5-9,11H2,1-4H3/t12-,13-,14+,15?,16-,17+,18-,19+,20+,21+,22-,23+,24+/m1/s1. The van der Waals surface area contributed by atoms with Crippen molar-refractivity contribution in [1.29, 1.82) is 0 Å². The number of aliphatic hydroxyl groups excluding tert-OH is 1. The fourth-order valence-electron chi connectivity index (χ4n) is 11.1. The molecular weight excluding hydrogens is 414 g/mol. The molecule has 8 heteroatoms. The number of methoxy groups -OCH3 is 3. The van der Waals surface area contributed by atoms with Gasteiger partial charge in [0.15, 0.2) is 0 Å². The Morgan fingerprint density at radius 2 is 1.97 bits per heavy atom. The number of hydrogen-bond donors (Lipinski definition) is 1. The normalized spacial score (nSPS) is 63.4. The molecule has 0 radical (unpaired) electrons. The number of amides is 1. The lowest BCUT2D eigenvalue weighted by atomic mass is 9.43. The molecule has 5 aliphatic carbocycles. The topological polar surface area (TPSA) is 86.7 Å². The lowest BCUT2D eigenvalue weighted by molar-refractivity contribution is -0.276. The van der Waals surface area contributed by atoms with Crippen LogP contribution < -0.4 is 0 Å². The highest BCUT2D eigenvalue weighted by atomic mass is 16.7. The molecule has 2 aliphatic heterocycles. The minimum absolute atomic E-state index is 0.0231. The van der Waals surface area contributed by atoms with Crippen LogP contribution in [-0.2, 0) is 28.5 Å². The molecule has 7 aliphatic rings. The fraction of sp³-hybridized carbons (Fsp3) is 0.958. The molecule has 7 fully saturated rings. The number of ether oxygens (including phenoxy) is 5. The van der Waals surface area contributed by atoms with E-state index in [-0.39, 0.29) is 65.6 Å². The number of nitrogens with zero attached hydrogens (tertiary/aromatic N) is 1. The van der Waals surface area contributed by atoms with Gasteiger partial charge in [-0.1, -0.05) is 6.92 Å². The van der Waals surface area contributed by atoms with Gasteiger partial charge in [0, 0.05) is 57.5 Å². The summed E-state index contributed by atoms with van der Waals surface area (Å²) in [4.78, 5) is 14.7. The third-order valence-electron chi connectivity index (χ3n) is 11.5. The Labute approximate surface area is 188 Å². The largest absolute Gasteiger partial charge is 0.392 e. The van der Waals surface area contributed by atoms with Crippen molar-refractivity contribution in [2.24, 2.45) is 34.5 Å². The Balaban J connectivity index is 1.58. The fourth-order valence-corrected chi connectivity index (χ4v) is 11.1. The van der Waals surface area contributed by atoms with Crippen LogP contribution in [0.2, 0.25) is 0 Å². The van der Waals surface area contributed by atoms with Crippen molar-refractivity contribution < 1.29 is 33.6 Å². The number of carbonyl (C=O) groups is 1. The third-order valence-corrected chi connectivity index (χ3v) is 11.5. The van der Waals surface area contributed by atoms with E-state index in [1.54, 1.807) is 21.3 Å². The van der Waals surface area contributed by atoms with E-state index in [2.05, 4.69) is 6.92 Å². The molecule has 7 rings (SSSR count). The first kappa shape index (κ1) is 20.6. The summed E-state index contributed by atoms with van der Waals surface area (Å²) in [6.07, 6.45) is 3.56. The van der Waals surface area contributed by atoms with Crippen molar-refractivity contribution in [3.63, 3.8) is 0 Å². The van der Waals surface area contributed by atoms with Crippen molar-refractivity contribution in [2.75, 3.05) is 34.7 Å². The molecule has 1 amide bonds. The maximum Gasteiger partial charge on any atom is 0.210 e. The second kappa shape index (κ2) is 6.07. The Kier molecular flexibility index (Phi) is 3.91. The maximum atomic E-state index is 12.7. The van der Waals surface area contributed by atoms with Crippen LogP contribution >= 0.6 is 0 Å². The minimum Gasteiger partial charge on any atom is -0.392 e. The van der Waals surface area contributed by atoms with Gasteiger partial charge >= 0.3 is 0 Å². The van der Waals surface area contributed by atoms with Crippen LogP contribution in [0.3, 0.4) is 0 Å². The molecule has 3 spiro atoms. The number of fused-ring (bicyclic) bond motifs is 1. The summed E-state index contributed by atoms with van der Waals surface area (Å²) in [5.74, 6) is 0.306. The molecule has 178 valence electrons. The van der Waals surface area contributed by atoms with E-state index in [4.69, 9.17) is 23.7 Å². The second-order valence-corrected chi connectivity index (χ2v) is 11.8. The number of piperidine rings is 1. The van der Waals surface area contributed by atoms with Crippen molar-refractivity contribution >= 4 is 6.41 Å². The lowest BCUT2D eigenvalue weighted by Crippen LogP contribution is -2.80. The number of likely N-dealkylation sites (tertiary alicyclic amines) is 1. The average molecular weight is 450 g/mol. The molecule has 1 N–H and O–H groups in total. The zero-order valence-corrected chi connectivity index (χ0v) is 19.4. The van der Waals surface area contributed by atoms with Gasteiger partial charge in [-0.3, -0.25) is 4.79 Å². The summed E-state index contributed by atoms with van der Waals surface area (Å²) >= 11 is 0. The van der Waals surface area contributed by atoms with E-state index < -0.39 is 17.3 Å². The Hall–Kier alpha value is -0.770. The summed E-state index contributed by atoms with van der Waals surface area (Å²) in [6, 6.07) is -0.203. The van der Waals surface area contributed by atoms with Crippen LogP contribution in [0.15, 0.2) is 0 Å². The van der Waals surface area contributed by atoms with E-state index in [1.165, 1.54) is 0 Å². The van der Waals surface area contributed by atoms with Crippen LogP contribution in [0, 0.1) is 34.5 Å². The summed E-state index contributed by atoms with van der Waals surface area (Å²) in [6.45, 7) is 3.17. The highest BCUT2D eigenvalue weighted by Gasteiger charge is 2.93. The van der Waals surface area contributed by atoms with E-state index in [0.29, 0.717) is 13.0 Å². The quantitative estimate of drug-likeness (QED) is 0.636. The van der Waals surface area contributed by atoms with Crippen molar-refractivity contribution in [3.05, 3.63) is 0 Å². The minimum atomic E-state index is -0.847. The monoisotopic (exact) mass is 449 g/mol. The molecule has 1 unspecified atom stereocenters. The van der Waals surface area contributed by atoms with E-state index in [0.717, 1.165) is 25.7 Å². The molecule has 7 bridgehead atoms. The number of hydrogen-bond acceptors (Lipinski definition) is 7. The van der Waals surface area contributed by atoms with Crippen LogP contribution in [0.1, 0.15) is 32.6 Å². The first-order valence-electron chi connectivity index (χ1n) is 12.2. The molecule has 2 saturated heterocycles. The van der Waals surface area contributed by atoms with Gasteiger partial charge in [-0.25, -0.2) is 0 Å². The van der Waals surface area contributed by atoms with Crippen molar-refractivity contribution in [2.45, 2.75) is 74.3 Å². The van der Waals surface area contributed by atoms with Gasteiger partial charge in [0.05, 0.1) is 30.5 Å². The van der Waals surface area contributed by atoms with Gasteiger partial charge in [0.1, 0.15) is 18.0 Å². The average Bonchev–Trinajstić information content (AvgIpc) is 3.33. The highest BCUT2D eigenvalue weighted by Crippen LogP contribution is 2.82. The first-order valence-corrected chi connectivity index (χ1v) is 12.2. The summed E-state index contributed by atoms with van der Waals surface area (Å²) in [5, 5.41) is 11.7. The van der Waals surface area contributed by atoms with Gasteiger partial charge < -0.3 is 33.7 Å². The first-order chi connectivity index (χ1) is 15.4. The van der Waals surface area contributed by atoms with Crippen LogP contribution in [0.25, 0.3) is 0 Å². The maximum absolute atomic E-state index is 12.7. The van der Waals surface area contributed by atoms with Crippen LogP contribution in [0.5, 0.6) is 0 Å². The van der Waals surface area contributed by atoms with Crippen molar-refractivity contribution in [1.82, 2.24) is 4.90 Å². The Bertz CT molecular complexity index is 856. The summed E-state index contributed by atoms with van der Waals surface area (Å²) in [5.41, 5.74) is -2.04. The SMILES string of the molecule is COC1CC[C@@]2(C)CN(C=O)[C@H]3[C@@]14[C@@H]1C[C@H]5[C@H](O)[C@@H]1[C@@]1(C[C@@H]5OC)OCO[C@@]31[C@@H](OC)[C@H]24. The second-order valence-electron chi connectivity index (χ2n) is 11.8. The Morgan fingerprint density at radius 3 is 2.66 bits per heavy atom. The molecule has 13 atom stereocenters. The predicted molar refractivity (Wildman–Crippen MR) is 110 cm³/mol. The van der Waals surface area contributed by atoms with Crippen LogP contribution in [0.4, 0.5) is 0 Å². The molecular formula is C24H35NO7. The predicted octanol–water partition coefficient (Wildman–Crippen LogP) is 0.801. The van der Waals surface area contributed by atoms with Gasteiger partial charge in [-0.2, -0.15) is 0 Å². The molecule has 5 saturated carbocycles. The molecule has 0 aromatic rings. The molecule has 2 heterocycles. The van der Waals surface area contributed by atoms with Gasteiger partial charge in [-0.05, 0) is 30.6 Å². The smallest absolute Gasteiger partial charge is 0.210 e. The molecule has 32 heavy (non-hydrogen) atoms. The number of aliphatic hydroxyl groups is 1. The van der Waals surface area contributed by atoms with E-state index in [9.17, 15) is 9.90 Å². The highest BCUT2D eigenvalue weighted by molar-refractivity contribution is 5.55. The van der Waals surface area contributed by atoms with Gasteiger partial charge in [-0.15, -0.1) is 0 Å². The lowest BCUT2D eigenvalue weighted by Gasteiger charge is -2.69. The van der Waals surface area contributed by atoms with E-state index >= 15 is 0 Å². The van der Waals surface area contributed by atoms with Crippen LogP contribution in [-0.4, -0.2) is 92.7 Å². The third kappa shape index (κ3) is 1.72. The van der Waals surface area contributed by atoms with Gasteiger partial charge in [0.25, 0.3) is 0 Å². The van der Waals surface area contributed by atoms with Gasteiger partial charge in [0.2, 0.25) is 6.41 Å². The Morgan fingerprint density at radius 1 is 1.16 bits per heavy atom. The summed E-state index contributed by atoms with van der Waals surface area (Å²) in [7, 11) is 5.31.